The van der Waals surface area contributed by atoms with Crippen molar-refractivity contribution in [2.45, 2.75) is 25.3 Å². The molecule has 0 bridgehead atoms. The normalized spacial score (nSPS) is 17.9. The summed E-state index contributed by atoms with van der Waals surface area (Å²) in [6.45, 7) is 1.92. The Hall–Kier alpha value is -3.58. The molecule has 4 aromatic rings. The number of thioether (sulfide) groups is 1. The average Bonchev–Trinajstić information content (AvgIpc) is 2.86. The van der Waals surface area contributed by atoms with Crippen molar-refractivity contribution in [3.05, 3.63) is 107 Å². The molecule has 1 amide bonds. The SMILES string of the molecule is C[C@@]1(c2cc(Cc3ncnc4ccccc34)ccc2F)CCSC(NC(=O)c2ccccc2)=N1. The molecule has 34 heavy (non-hydrogen) atoms. The molecule has 3 aromatic carbocycles. The van der Waals surface area contributed by atoms with Crippen molar-refractivity contribution in [1.29, 1.82) is 0 Å². The van der Waals surface area contributed by atoms with E-state index < -0.39 is 5.54 Å². The summed E-state index contributed by atoms with van der Waals surface area (Å²) in [5.74, 6) is 0.203. The van der Waals surface area contributed by atoms with Crippen LogP contribution in [0.2, 0.25) is 0 Å². The van der Waals surface area contributed by atoms with Gasteiger partial charge in [0.2, 0.25) is 0 Å². The van der Waals surface area contributed by atoms with Crippen LogP contribution in [0.4, 0.5) is 4.39 Å². The minimum absolute atomic E-state index is 0.221. The molecule has 0 spiro atoms. The number of carbonyl (C=O) groups is 1. The molecular weight excluding hydrogens is 447 g/mol. The second-order valence-corrected chi connectivity index (χ2v) is 9.52. The number of hydrogen-bond acceptors (Lipinski definition) is 5. The van der Waals surface area contributed by atoms with Crippen molar-refractivity contribution in [3.63, 3.8) is 0 Å². The van der Waals surface area contributed by atoms with E-state index in [0.717, 1.165) is 27.9 Å². The van der Waals surface area contributed by atoms with E-state index in [2.05, 4.69) is 15.3 Å². The highest BCUT2D eigenvalue weighted by molar-refractivity contribution is 8.13. The number of aliphatic imine (C=N–C) groups is 1. The predicted octanol–water partition coefficient (Wildman–Crippen LogP) is 5.50. The smallest absolute Gasteiger partial charge is 0.257 e. The van der Waals surface area contributed by atoms with Crippen molar-refractivity contribution in [2.75, 3.05) is 5.75 Å². The van der Waals surface area contributed by atoms with Crippen LogP contribution in [0, 0.1) is 5.82 Å². The van der Waals surface area contributed by atoms with Gasteiger partial charge >= 0.3 is 0 Å². The fourth-order valence-corrected chi connectivity index (χ4v) is 5.29. The van der Waals surface area contributed by atoms with Gasteiger partial charge in [-0.1, -0.05) is 60.3 Å². The summed E-state index contributed by atoms with van der Waals surface area (Å²) in [6, 6.07) is 22.0. The van der Waals surface area contributed by atoms with E-state index in [0.29, 0.717) is 29.1 Å². The Bertz CT molecular complexity index is 1390. The van der Waals surface area contributed by atoms with E-state index in [1.807, 2.05) is 55.5 Å². The predicted molar refractivity (Wildman–Crippen MR) is 135 cm³/mol. The van der Waals surface area contributed by atoms with Crippen molar-refractivity contribution >= 4 is 33.7 Å². The number of rotatable bonds is 4. The molecule has 170 valence electrons. The fourth-order valence-electron chi connectivity index (χ4n) is 4.17. The zero-order valence-corrected chi connectivity index (χ0v) is 19.5. The summed E-state index contributed by atoms with van der Waals surface area (Å²) < 4.78 is 15.1. The first kappa shape index (κ1) is 22.2. The summed E-state index contributed by atoms with van der Waals surface area (Å²) in [6.07, 6.45) is 2.79. The molecule has 5 rings (SSSR count). The highest BCUT2D eigenvalue weighted by Crippen LogP contribution is 2.37. The molecule has 1 aromatic heterocycles. The first-order valence-corrected chi connectivity index (χ1v) is 12.1. The Labute approximate surface area is 201 Å². The number of benzene rings is 3. The lowest BCUT2D eigenvalue weighted by Gasteiger charge is -2.31. The van der Waals surface area contributed by atoms with Gasteiger partial charge in [0.25, 0.3) is 5.91 Å². The van der Waals surface area contributed by atoms with Crippen molar-refractivity contribution in [1.82, 2.24) is 15.3 Å². The van der Waals surface area contributed by atoms with E-state index in [4.69, 9.17) is 4.99 Å². The second-order valence-electron chi connectivity index (χ2n) is 8.44. The third-order valence-corrected chi connectivity index (χ3v) is 6.92. The van der Waals surface area contributed by atoms with E-state index >= 15 is 4.39 Å². The fraction of sp³-hybridized carbons (Fsp3) is 0.185. The van der Waals surface area contributed by atoms with Crippen LogP contribution in [-0.2, 0) is 12.0 Å². The number of hydrogen-bond donors (Lipinski definition) is 1. The number of nitrogens with one attached hydrogen (secondary N) is 1. The Morgan fingerprint density at radius 2 is 1.85 bits per heavy atom. The molecule has 2 heterocycles. The summed E-state index contributed by atoms with van der Waals surface area (Å²) >= 11 is 1.48. The average molecular weight is 471 g/mol. The third kappa shape index (κ3) is 4.56. The van der Waals surface area contributed by atoms with Crippen LogP contribution in [-0.4, -0.2) is 26.8 Å². The van der Waals surface area contributed by atoms with E-state index in [-0.39, 0.29) is 11.7 Å². The van der Waals surface area contributed by atoms with Gasteiger partial charge in [-0.2, -0.15) is 0 Å². The van der Waals surface area contributed by atoms with Crippen LogP contribution >= 0.6 is 11.8 Å². The number of para-hydroxylation sites is 1. The first-order chi connectivity index (χ1) is 16.5. The topological polar surface area (TPSA) is 67.2 Å². The van der Waals surface area contributed by atoms with Gasteiger partial charge in [-0.3, -0.25) is 9.79 Å². The van der Waals surface area contributed by atoms with Crippen molar-refractivity contribution < 1.29 is 9.18 Å². The lowest BCUT2D eigenvalue weighted by Crippen LogP contribution is -2.35. The van der Waals surface area contributed by atoms with Gasteiger partial charge in [0.15, 0.2) is 5.17 Å². The first-order valence-electron chi connectivity index (χ1n) is 11.1. The highest BCUT2D eigenvalue weighted by atomic mass is 32.2. The maximum atomic E-state index is 15.1. The summed E-state index contributed by atoms with van der Waals surface area (Å²) in [5, 5.41) is 4.38. The van der Waals surface area contributed by atoms with Crippen LogP contribution in [0.5, 0.6) is 0 Å². The number of fused-ring (bicyclic) bond motifs is 1. The molecule has 0 radical (unpaired) electrons. The van der Waals surface area contributed by atoms with Gasteiger partial charge in [-0.15, -0.1) is 0 Å². The monoisotopic (exact) mass is 470 g/mol. The molecule has 1 aliphatic heterocycles. The maximum Gasteiger partial charge on any atom is 0.257 e. The lowest BCUT2D eigenvalue weighted by atomic mass is 9.87. The molecule has 7 heteroatoms. The number of aromatic nitrogens is 2. The largest absolute Gasteiger partial charge is 0.301 e. The number of amides is 1. The van der Waals surface area contributed by atoms with Crippen molar-refractivity contribution in [2.24, 2.45) is 4.99 Å². The molecule has 0 unspecified atom stereocenters. The Morgan fingerprint density at radius 1 is 1.06 bits per heavy atom. The molecule has 0 aliphatic carbocycles. The van der Waals surface area contributed by atoms with E-state index in [9.17, 15) is 4.79 Å². The minimum Gasteiger partial charge on any atom is -0.301 e. The number of halogens is 1. The van der Waals surface area contributed by atoms with Gasteiger partial charge in [0.1, 0.15) is 12.1 Å². The molecular formula is C27H23FN4OS. The number of amidine groups is 1. The summed E-state index contributed by atoms with van der Waals surface area (Å²) in [5.41, 5.74) is 3.03. The molecule has 1 atom stereocenters. The Morgan fingerprint density at radius 3 is 2.71 bits per heavy atom. The van der Waals surface area contributed by atoms with Crippen LogP contribution in [0.3, 0.4) is 0 Å². The number of carbonyl (C=O) groups excluding carboxylic acids is 1. The van der Waals surface area contributed by atoms with Crippen LogP contribution < -0.4 is 5.32 Å². The van der Waals surface area contributed by atoms with Gasteiger partial charge in [0.05, 0.1) is 16.7 Å². The Kier molecular flexibility index (Phi) is 6.11. The maximum absolute atomic E-state index is 15.1. The summed E-state index contributed by atoms with van der Waals surface area (Å²) in [4.78, 5) is 26.2. The standard InChI is InChI=1S/C27H23FN4OS/c1-27(13-14-34-26(32-27)31-25(33)19-7-3-2-4-8-19)21-15-18(11-12-22(21)28)16-24-20-9-5-6-10-23(20)29-17-30-24/h2-12,15,17H,13-14,16H2,1H3,(H,31,32,33)/t27-/m0/s1. The van der Waals surface area contributed by atoms with Gasteiger partial charge in [-0.25, -0.2) is 14.4 Å². The molecule has 5 nitrogen and oxygen atoms in total. The zero-order chi connectivity index (χ0) is 23.5. The van der Waals surface area contributed by atoms with Crippen LogP contribution in [0.15, 0.2) is 84.1 Å². The second kappa shape index (κ2) is 9.35. The molecule has 1 aliphatic rings. The molecule has 0 saturated carbocycles. The van der Waals surface area contributed by atoms with Crippen molar-refractivity contribution in [3.8, 4) is 0 Å². The third-order valence-electron chi connectivity index (χ3n) is 6.04. The minimum atomic E-state index is -0.779. The van der Waals surface area contributed by atoms with Crippen LogP contribution in [0.1, 0.15) is 40.5 Å². The summed E-state index contributed by atoms with van der Waals surface area (Å²) in [7, 11) is 0. The van der Waals surface area contributed by atoms with E-state index in [1.165, 1.54) is 17.8 Å². The Balaban J connectivity index is 1.44. The lowest BCUT2D eigenvalue weighted by molar-refractivity contribution is 0.0977. The van der Waals surface area contributed by atoms with Gasteiger partial charge in [0, 0.05) is 28.7 Å². The molecule has 0 saturated heterocycles. The van der Waals surface area contributed by atoms with Gasteiger partial charge < -0.3 is 5.32 Å². The number of nitrogens with zero attached hydrogens (tertiary/aromatic N) is 3. The zero-order valence-electron chi connectivity index (χ0n) is 18.7. The highest BCUT2D eigenvalue weighted by Gasteiger charge is 2.33. The van der Waals surface area contributed by atoms with Crippen LogP contribution in [0.25, 0.3) is 10.9 Å². The quantitative estimate of drug-likeness (QED) is 0.428. The molecule has 0 fully saturated rings. The van der Waals surface area contributed by atoms with E-state index in [1.54, 1.807) is 24.5 Å². The van der Waals surface area contributed by atoms with Gasteiger partial charge in [-0.05, 0) is 43.2 Å². The molecule has 1 N–H and O–H groups in total.